The maximum atomic E-state index is 12.5. The van der Waals surface area contributed by atoms with Gasteiger partial charge in [0.2, 0.25) is 5.91 Å². The van der Waals surface area contributed by atoms with Crippen LogP contribution in [0.3, 0.4) is 0 Å². The van der Waals surface area contributed by atoms with Gasteiger partial charge in [-0.1, -0.05) is 13.8 Å². The predicted octanol–water partition coefficient (Wildman–Crippen LogP) is 3.18. The smallest absolute Gasteiger partial charge is 0.222 e. The molecule has 3 nitrogen and oxygen atoms in total. The summed E-state index contributed by atoms with van der Waals surface area (Å²) in [6, 6.07) is 0. The molecule has 0 aromatic heterocycles. The van der Waals surface area contributed by atoms with E-state index in [0.29, 0.717) is 23.2 Å². The highest BCUT2D eigenvalue weighted by Crippen LogP contribution is 2.32. The first-order valence-electron chi connectivity index (χ1n) is 8.48. The van der Waals surface area contributed by atoms with Gasteiger partial charge in [0.25, 0.3) is 0 Å². The fourth-order valence-corrected chi connectivity index (χ4v) is 3.72. The van der Waals surface area contributed by atoms with Crippen molar-refractivity contribution < 1.29 is 4.79 Å². The van der Waals surface area contributed by atoms with Gasteiger partial charge in [-0.2, -0.15) is 0 Å². The largest absolute Gasteiger partial charge is 0.343 e. The Morgan fingerprint density at radius 2 is 1.75 bits per heavy atom. The van der Waals surface area contributed by atoms with Crippen molar-refractivity contribution in [3.63, 3.8) is 0 Å². The summed E-state index contributed by atoms with van der Waals surface area (Å²) < 4.78 is 0. The Morgan fingerprint density at radius 3 is 2.40 bits per heavy atom. The van der Waals surface area contributed by atoms with Crippen LogP contribution in [-0.4, -0.2) is 30.4 Å². The number of hydrogen-bond donors (Lipinski definition) is 1. The molecule has 0 aromatic rings. The number of amides is 1. The third-order valence-corrected chi connectivity index (χ3v) is 5.46. The minimum Gasteiger partial charge on any atom is -0.343 e. The van der Waals surface area contributed by atoms with Gasteiger partial charge >= 0.3 is 0 Å². The summed E-state index contributed by atoms with van der Waals surface area (Å²) in [5, 5.41) is 0. The lowest BCUT2D eigenvalue weighted by Crippen LogP contribution is -2.34. The highest BCUT2D eigenvalue weighted by molar-refractivity contribution is 5.76. The van der Waals surface area contributed by atoms with Crippen LogP contribution in [0.15, 0.2) is 0 Å². The molecule has 2 N–H and O–H groups in total. The SMILES string of the molecule is CC1(C)CCCN(C(=O)CC2CCC(CN)CC2)CC1. The second-order valence-electron chi connectivity index (χ2n) is 7.73. The van der Waals surface area contributed by atoms with E-state index in [9.17, 15) is 4.79 Å². The average molecular weight is 280 g/mol. The molecule has 2 fully saturated rings. The number of rotatable bonds is 3. The third-order valence-electron chi connectivity index (χ3n) is 5.46. The summed E-state index contributed by atoms with van der Waals surface area (Å²) in [4.78, 5) is 14.6. The zero-order chi connectivity index (χ0) is 14.6. The van der Waals surface area contributed by atoms with Crippen LogP contribution in [0.4, 0.5) is 0 Å². The Morgan fingerprint density at radius 1 is 1.10 bits per heavy atom. The van der Waals surface area contributed by atoms with Crippen molar-refractivity contribution in [1.82, 2.24) is 4.90 Å². The van der Waals surface area contributed by atoms with Crippen molar-refractivity contribution in [3.8, 4) is 0 Å². The predicted molar refractivity (Wildman–Crippen MR) is 83.3 cm³/mol. The molecule has 1 saturated heterocycles. The van der Waals surface area contributed by atoms with Crippen LogP contribution in [0.2, 0.25) is 0 Å². The highest BCUT2D eigenvalue weighted by atomic mass is 16.2. The second-order valence-corrected chi connectivity index (χ2v) is 7.73. The van der Waals surface area contributed by atoms with E-state index in [1.54, 1.807) is 0 Å². The van der Waals surface area contributed by atoms with Gasteiger partial charge in [0.15, 0.2) is 0 Å². The maximum Gasteiger partial charge on any atom is 0.222 e. The summed E-state index contributed by atoms with van der Waals surface area (Å²) in [6.07, 6.45) is 9.19. The quantitative estimate of drug-likeness (QED) is 0.863. The summed E-state index contributed by atoms with van der Waals surface area (Å²) in [7, 11) is 0. The molecule has 0 aromatic carbocycles. The molecule has 0 spiro atoms. The summed E-state index contributed by atoms with van der Waals surface area (Å²) in [5.41, 5.74) is 6.15. The Balaban J connectivity index is 1.77. The maximum absolute atomic E-state index is 12.5. The molecule has 1 aliphatic heterocycles. The molecular weight excluding hydrogens is 248 g/mol. The van der Waals surface area contributed by atoms with Gasteiger partial charge < -0.3 is 10.6 Å². The number of nitrogens with two attached hydrogens (primary N) is 1. The van der Waals surface area contributed by atoms with E-state index in [0.717, 1.165) is 32.5 Å². The Hall–Kier alpha value is -0.570. The van der Waals surface area contributed by atoms with Crippen molar-refractivity contribution in [1.29, 1.82) is 0 Å². The van der Waals surface area contributed by atoms with Crippen LogP contribution in [0, 0.1) is 17.3 Å². The van der Waals surface area contributed by atoms with E-state index in [4.69, 9.17) is 5.73 Å². The third kappa shape index (κ3) is 4.47. The molecule has 1 amide bonds. The van der Waals surface area contributed by atoms with Crippen LogP contribution in [0.25, 0.3) is 0 Å². The Labute approximate surface area is 124 Å². The topological polar surface area (TPSA) is 46.3 Å². The van der Waals surface area contributed by atoms with Crippen LogP contribution >= 0.6 is 0 Å². The zero-order valence-electron chi connectivity index (χ0n) is 13.4. The van der Waals surface area contributed by atoms with Gasteiger partial charge in [-0.15, -0.1) is 0 Å². The van der Waals surface area contributed by atoms with Gasteiger partial charge in [-0.05, 0) is 68.7 Å². The molecule has 2 aliphatic rings. The van der Waals surface area contributed by atoms with E-state index < -0.39 is 0 Å². The molecule has 0 bridgehead atoms. The van der Waals surface area contributed by atoms with Gasteiger partial charge in [0, 0.05) is 19.5 Å². The van der Waals surface area contributed by atoms with Crippen LogP contribution < -0.4 is 5.73 Å². The van der Waals surface area contributed by atoms with Gasteiger partial charge in [-0.25, -0.2) is 0 Å². The van der Waals surface area contributed by atoms with Gasteiger partial charge in [-0.3, -0.25) is 4.79 Å². The van der Waals surface area contributed by atoms with E-state index in [2.05, 4.69) is 18.7 Å². The second kappa shape index (κ2) is 6.93. The molecule has 20 heavy (non-hydrogen) atoms. The number of carbonyl (C=O) groups is 1. The summed E-state index contributed by atoms with van der Waals surface area (Å²) in [6.45, 7) is 7.41. The van der Waals surface area contributed by atoms with Gasteiger partial charge in [0.1, 0.15) is 0 Å². The molecule has 1 heterocycles. The average Bonchev–Trinajstić information content (AvgIpc) is 2.60. The first-order chi connectivity index (χ1) is 9.50. The highest BCUT2D eigenvalue weighted by Gasteiger charge is 2.28. The van der Waals surface area contributed by atoms with Crippen molar-refractivity contribution in [3.05, 3.63) is 0 Å². The summed E-state index contributed by atoms with van der Waals surface area (Å²) in [5.74, 6) is 1.72. The minimum absolute atomic E-state index is 0.402. The van der Waals surface area contributed by atoms with E-state index in [1.165, 1.54) is 38.5 Å². The zero-order valence-corrected chi connectivity index (χ0v) is 13.4. The summed E-state index contributed by atoms with van der Waals surface area (Å²) >= 11 is 0. The fraction of sp³-hybridized carbons (Fsp3) is 0.941. The van der Waals surface area contributed by atoms with Crippen molar-refractivity contribution >= 4 is 5.91 Å². The lowest BCUT2D eigenvalue weighted by atomic mass is 9.80. The van der Waals surface area contributed by atoms with E-state index in [1.807, 2.05) is 0 Å². The number of carbonyl (C=O) groups excluding carboxylic acids is 1. The van der Waals surface area contributed by atoms with Crippen LogP contribution in [0.5, 0.6) is 0 Å². The molecule has 1 saturated carbocycles. The molecule has 3 heteroatoms. The van der Waals surface area contributed by atoms with Gasteiger partial charge in [0.05, 0.1) is 0 Å². The molecule has 1 aliphatic carbocycles. The standard InChI is InChI=1S/C17H32N2O/c1-17(2)8-3-10-19(11-9-17)16(20)12-14-4-6-15(13-18)7-5-14/h14-15H,3-13,18H2,1-2H3. The van der Waals surface area contributed by atoms with E-state index in [-0.39, 0.29) is 0 Å². The Bertz CT molecular complexity index is 319. The lowest BCUT2D eigenvalue weighted by Gasteiger charge is -2.29. The lowest BCUT2D eigenvalue weighted by molar-refractivity contribution is -0.132. The molecule has 0 unspecified atom stereocenters. The van der Waals surface area contributed by atoms with Crippen molar-refractivity contribution in [2.45, 2.75) is 65.2 Å². The first kappa shape index (κ1) is 15.8. The number of likely N-dealkylation sites (tertiary alicyclic amines) is 1. The normalized spacial score (nSPS) is 30.9. The van der Waals surface area contributed by atoms with E-state index >= 15 is 0 Å². The fourth-order valence-electron chi connectivity index (χ4n) is 3.72. The van der Waals surface area contributed by atoms with Crippen LogP contribution in [-0.2, 0) is 4.79 Å². The number of nitrogens with zero attached hydrogens (tertiary/aromatic N) is 1. The minimum atomic E-state index is 0.402. The Kier molecular flexibility index (Phi) is 5.48. The molecular formula is C17H32N2O. The molecule has 0 atom stereocenters. The van der Waals surface area contributed by atoms with Crippen molar-refractivity contribution in [2.75, 3.05) is 19.6 Å². The molecule has 2 rings (SSSR count). The monoisotopic (exact) mass is 280 g/mol. The number of hydrogen-bond acceptors (Lipinski definition) is 2. The van der Waals surface area contributed by atoms with Crippen molar-refractivity contribution in [2.24, 2.45) is 23.0 Å². The van der Waals surface area contributed by atoms with Crippen LogP contribution in [0.1, 0.15) is 65.2 Å². The molecule has 0 radical (unpaired) electrons. The molecule has 116 valence electrons. The first-order valence-corrected chi connectivity index (χ1v) is 8.48.